The predicted octanol–water partition coefficient (Wildman–Crippen LogP) is 2.64. The molecule has 0 aliphatic carbocycles. The summed E-state index contributed by atoms with van der Waals surface area (Å²) in [7, 11) is -2.17. The summed E-state index contributed by atoms with van der Waals surface area (Å²) in [5, 5.41) is 0. The fourth-order valence-corrected chi connectivity index (χ4v) is 4.32. The number of para-hydroxylation sites is 1. The number of nitrogens with one attached hydrogen (secondary N) is 1. The zero-order valence-corrected chi connectivity index (χ0v) is 14.8. The van der Waals surface area contributed by atoms with E-state index >= 15 is 0 Å². The van der Waals surface area contributed by atoms with E-state index in [1.54, 1.807) is 30.3 Å². The van der Waals surface area contributed by atoms with Crippen LogP contribution in [0.5, 0.6) is 5.75 Å². The molecule has 0 amide bonds. The Labute approximate surface area is 147 Å². The Bertz CT molecular complexity index is 824. The highest BCUT2D eigenvalue weighted by atomic mass is 32.2. The Hall–Kier alpha value is -2.12. The smallest absolute Gasteiger partial charge is 0.244 e. The van der Waals surface area contributed by atoms with E-state index < -0.39 is 10.0 Å². The third-order valence-corrected chi connectivity index (χ3v) is 5.86. The van der Waals surface area contributed by atoms with Crippen molar-refractivity contribution < 1.29 is 17.5 Å². The van der Waals surface area contributed by atoms with Crippen LogP contribution in [0.25, 0.3) is 0 Å². The first kappa shape index (κ1) is 17.7. The highest BCUT2D eigenvalue weighted by Crippen LogP contribution is 2.25. The maximum Gasteiger partial charge on any atom is 0.244 e. The zero-order valence-electron chi connectivity index (χ0n) is 14.0. The van der Waals surface area contributed by atoms with Crippen molar-refractivity contribution in [3.63, 3.8) is 0 Å². The second kappa shape index (κ2) is 7.41. The minimum absolute atomic E-state index is 0.144. The number of hydrogen-bond acceptors (Lipinski definition) is 4. The van der Waals surface area contributed by atoms with Crippen LogP contribution in [0.3, 0.4) is 0 Å². The number of rotatable bonds is 6. The maximum atomic E-state index is 13.0. The Morgan fingerprint density at radius 1 is 1.20 bits per heavy atom. The molecule has 1 atom stereocenters. The van der Waals surface area contributed by atoms with Crippen molar-refractivity contribution in [3.05, 3.63) is 54.3 Å². The van der Waals surface area contributed by atoms with Gasteiger partial charge in [-0.1, -0.05) is 12.1 Å². The number of sulfonamides is 1. The van der Waals surface area contributed by atoms with E-state index in [0.29, 0.717) is 12.3 Å². The number of methoxy groups -OCH3 is 1. The maximum absolute atomic E-state index is 13.0. The topological polar surface area (TPSA) is 58.6 Å². The summed E-state index contributed by atoms with van der Waals surface area (Å²) in [6.45, 7) is 1.92. The van der Waals surface area contributed by atoms with Crippen LogP contribution in [0.15, 0.2) is 53.4 Å². The van der Waals surface area contributed by atoms with E-state index in [-0.39, 0.29) is 16.6 Å². The van der Waals surface area contributed by atoms with Gasteiger partial charge in [-0.25, -0.2) is 17.5 Å². The first-order valence-corrected chi connectivity index (χ1v) is 9.61. The van der Waals surface area contributed by atoms with Gasteiger partial charge in [0, 0.05) is 25.3 Å². The van der Waals surface area contributed by atoms with E-state index in [4.69, 9.17) is 4.74 Å². The van der Waals surface area contributed by atoms with E-state index in [2.05, 4.69) is 9.62 Å². The van der Waals surface area contributed by atoms with Crippen molar-refractivity contribution in [3.8, 4) is 5.75 Å². The van der Waals surface area contributed by atoms with Gasteiger partial charge in [0.1, 0.15) is 16.5 Å². The highest BCUT2D eigenvalue weighted by Gasteiger charge is 2.26. The van der Waals surface area contributed by atoms with E-state index in [1.165, 1.54) is 25.3 Å². The monoisotopic (exact) mass is 364 g/mol. The lowest BCUT2D eigenvalue weighted by Gasteiger charge is -2.19. The van der Waals surface area contributed by atoms with Crippen molar-refractivity contribution in [2.75, 3.05) is 31.6 Å². The molecule has 2 aromatic carbocycles. The summed E-state index contributed by atoms with van der Waals surface area (Å²) in [6, 6.07) is 12.9. The molecular weight excluding hydrogens is 343 g/mol. The number of hydrogen-bond donors (Lipinski definition) is 1. The third-order valence-electron chi connectivity index (χ3n) is 4.40. The number of benzene rings is 2. The average Bonchev–Trinajstić information content (AvgIpc) is 3.10. The van der Waals surface area contributed by atoms with Gasteiger partial charge >= 0.3 is 0 Å². The number of nitrogens with zero attached hydrogens (tertiary/aromatic N) is 1. The summed E-state index contributed by atoms with van der Waals surface area (Å²) >= 11 is 0. The quantitative estimate of drug-likeness (QED) is 0.856. The molecule has 3 rings (SSSR count). The fourth-order valence-electron chi connectivity index (χ4n) is 3.03. The van der Waals surface area contributed by atoms with Crippen molar-refractivity contribution >= 4 is 15.7 Å². The molecule has 1 aliphatic rings. The molecule has 0 bridgehead atoms. The lowest BCUT2D eigenvalue weighted by molar-refractivity contribution is 0.402. The molecule has 25 heavy (non-hydrogen) atoms. The van der Waals surface area contributed by atoms with Crippen LogP contribution in [-0.4, -0.2) is 35.2 Å². The summed E-state index contributed by atoms with van der Waals surface area (Å²) < 4.78 is 45.9. The van der Waals surface area contributed by atoms with Crippen molar-refractivity contribution in [2.45, 2.75) is 11.3 Å². The van der Waals surface area contributed by atoms with Crippen LogP contribution in [0.4, 0.5) is 10.1 Å². The number of halogens is 1. The van der Waals surface area contributed by atoms with Crippen LogP contribution >= 0.6 is 0 Å². The predicted molar refractivity (Wildman–Crippen MR) is 94.9 cm³/mol. The Balaban J connectivity index is 1.61. The molecule has 0 aromatic heterocycles. The van der Waals surface area contributed by atoms with Gasteiger partial charge in [-0.2, -0.15) is 0 Å². The number of ether oxygens (including phenoxy) is 1. The Morgan fingerprint density at radius 2 is 1.92 bits per heavy atom. The molecule has 1 fully saturated rings. The molecule has 2 aromatic rings. The van der Waals surface area contributed by atoms with Crippen LogP contribution in [0, 0.1) is 11.7 Å². The third kappa shape index (κ3) is 4.11. The lowest BCUT2D eigenvalue weighted by atomic mass is 10.1. The van der Waals surface area contributed by atoms with E-state index in [1.807, 2.05) is 0 Å². The summed E-state index contributed by atoms with van der Waals surface area (Å²) in [5.41, 5.74) is 0.955. The molecule has 5 nitrogen and oxygen atoms in total. The van der Waals surface area contributed by atoms with Crippen LogP contribution in [0.2, 0.25) is 0 Å². The van der Waals surface area contributed by atoms with Gasteiger partial charge in [0.25, 0.3) is 0 Å². The van der Waals surface area contributed by atoms with Crippen molar-refractivity contribution in [1.29, 1.82) is 0 Å². The highest BCUT2D eigenvalue weighted by molar-refractivity contribution is 7.89. The van der Waals surface area contributed by atoms with Gasteiger partial charge in [-0.15, -0.1) is 0 Å². The zero-order chi connectivity index (χ0) is 17.9. The Morgan fingerprint density at radius 3 is 2.64 bits per heavy atom. The second-order valence-corrected chi connectivity index (χ2v) is 7.82. The molecule has 0 saturated carbocycles. The van der Waals surface area contributed by atoms with Gasteiger partial charge in [0.2, 0.25) is 10.0 Å². The second-order valence-electron chi connectivity index (χ2n) is 6.08. The van der Waals surface area contributed by atoms with Gasteiger partial charge in [-0.3, -0.25) is 0 Å². The van der Waals surface area contributed by atoms with Gasteiger partial charge in [0.05, 0.1) is 7.11 Å². The van der Waals surface area contributed by atoms with Crippen LogP contribution in [0.1, 0.15) is 6.42 Å². The molecular formula is C18H21FN2O3S. The molecule has 0 unspecified atom stereocenters. The number of anilines is 1. The normalized spacial score (nSPS) is 17.7. The summed E-state index contributed by atoms with van der Waals surface area (Å²) in [4.78, 5) is 2.28. The van der Waals surface area contributed by atoms with Gasteiger partial charge in [0.15, 0.2) is 0 Å². The van der Waals surface area contributed by atoms with Gasteiger partial charge in [-0.05, 0) is 48.7 Å². The molecule has 0 radical (unpaired) electrons. The summed E-state index contributed by atoms with van der Waals surface area (Å²) in [5.74, 6) is 0.271. The molecule has 1 saturated heterocycles. The molecule has 134 valence electrons. The fraction of sp³-hybridized carbons (Fsp3) is 0.333. The molecule has 1 N–H and O–H groups in total. The van der Waals surface area contributed by atoms with Crippen LogP contribution < -0.4 is 14.4 Å². The summed E-state index contributed by atoms with van der Waals surface area (Å²) in [6.07, 6.45) is 0.881. The lowest BCUT2D eigenvalue weighted by Crippen LogP contribution is -2.31. The van der Waals surface area contributed by atoms with E-state index in [9.17, 15) is 12.8 Å². The van der Waals surface area contributed by atoms with Crippen molar-refractivity contribution in [1.82, 2.24) is 4.72 Å². The average molecular weight is 364 g/mol. The SMILES string of the molecule is COc1ccccc1S(=O)(=O)NC[C@H]1CCN(c2ccc(F)cc2)C1. The first-order chi connectivity index (χ1) is 12.0. The van der Waals surface area contributed by atoms with Crippen LogP contribution in [-0.2, 0) is 10.0 Å². The largest absolute Gasteiger partial charge is 0.495 e. The van der Waals surface area contributed by atoms with Gasteiger partial charge < -0.3 is 9.64 Å². The van der Waals surface area contributed by atoms with Crippen molar-refractivity contribution in [2.24, 2.45) is 5.92 Å². The molecule has 1 aliphatic heterocycles. The van der Waals surface area contributed by atoms with E-state index in [0.717, 1.165) is 25.2 Å². The molecule has 1 heterocycles. The minimum atomic E-state index is -3.62. The standard InChI is InChI=1S/C18H21FN2O3S/c1-24-17-4-2-3-5-18(17)25(22,23)20-12-14-10-11-21(13-14)16-8-6-15(19)7-9-16/h2-9,14,20H,10-13H2,1H3/t14-/m1/s1. The Kier molecular flexibility index (Phi) is 5.24. The molecule has 0 spiro atoms. The minimum Gasteiger partial charge on any atom is -0.495 e. The molecule has 7 heteroatoms. The first-order valence-electron chi connectivity index (χ1n) is 8.13.